The van der Waals surface area contributed by atoms with E-state index < -0.39 is 5.97 Å². The van der Waals surface area contributed by atoms with Gasteiger partial charge in [-0.25, -0.2) is 14.5 Å². The molecule has 1 N–H and O–H groups in total. The van der Waals surface area contributed by atoms with Crippen molar-refractivity contribution >= 4 is 33.7 Å². The van der Waals surface area contributed by atoms with Gasteiger partial charge in [0.1, 0.15) is 12.2 Å². The predicted octanol–water partition coefficient (Wildman–Crippen LogP) is 3.44. The molecule has 7 heteroatoms. The Labute approximate surface area is 129 Å². The normalized spacial score (nSPS) is 10.7. The van der Waals surface area contributed by atoms with E-state index >= 15 is 0 Å². The van der Waals surface area contributed by atoms with Crippen molar-refractivity contribution in [2.24, 2.45) is 0 Å². The number of benzene rings is 1. The van der Waals surface area contributed by atoms with Crippen LogP contribution in [0, 0.1) is 0 Å². The molecule has 0 radical (unpaired) electrons. The Kier molecular flexibility index (Phi) is 5.19. The van der Waals surface area contributed by atoms with E-state index in [0.29, 0.717) is 11.3 Å². The molecule has 0 fully saturated rings. The van der Waals surface area contributed by atoms with Gasteiger partial charge in [-0.1, -0.05) is 22.9 Å². The number of rotatable bonds is 6. The third-order valence-electron chi connectivity index (χ3n) is 2.66. The Bertz CT molecular complexity index is 615. The number of carboxylic acids is 1. The third kappa shape index (κ3) is 3.61. The number of hydrogen-bond acceptors (Lipinski definition) is 4. The van der Waals surface area contributed by atoms with Gasteiger partial charge in [0.25, 0.3) is 0 Å². The maximum atomic E-state index is 11.2. The second kappa shape index (κ2) is 6.90. The van der Waals surface area contributed by atoms with Gasteiger partial charge in [0.05, 0.1) is 11.3 Å². The molecule has 0 saturated heterocycles. The van der Waals surface area contributed by atoms with Crippen LogP contribution >= 0.6 is 27.7 Å². The highest BCUT2D eigenvalue weighted by Crippen LogP contribution is 2.28. The number of aromatic nitrogens is 3. The number of halogens is 1. The first-order valence-electron chi connectivity index (χ1n) is 6.14. The molecule has 1 aromatic carbocycles. The van der Waals surface area contributed by atoms with E-state index in [-0.39, 0.29) is 0 Å². The summed E-state index contributed by atoms with van der Waals surface area (Å²) in [5.41, 5.74) is 0.305. The monoisotopic (exact) mass is 355 g/mol. The zero-order chi connectivity index (χ0) is 14.5. The summed E-state index contributed by atoms with van der Waals surface area (Å²) in [7, 11) is 0. The summed E-state index contributed by atoms with van der Waals surface area (Å²) in [6, 6.07) is 5.15. The molecule has 0 atom stereocenters. The van der Waals surface area contributed by atoms with Crippen molar-refractivity contribution in [3.05, 3.63) is 40.4 Å². The number of aryl methyl sites for hydroxylation is 1. The molecule has 1 aromatic heterocycles. The quantitative estimate of drug-likeness (QED) is 0.803. The third-order valence-corrected chi connectivity index (χ3v) is 4.21. The number of carbonyl (C=O) groups is 1. The van der Waals surface area contributed by atoms with Crippen LogP contribution in [0.5, 0.6) is 0 Å². The summed E-state index contributed by atoms with van der Waals surface area (Å²) in [6.07, 6.45) is 2.52. The van der Waals surface area contributed by atoms with E-state index in [1.165, 1.54) is 18.1 Å². The van der Waals surface area contributed by atoms with Crippen LogP contribution in [0.25, 0.3) is 0 Å². The van der Waals surface area contributed by atoms with E-state index in [1.807, 2.05) is 10.7 Å². The van der Waals surface area contributed by atoms with Crippen LogP contribution in [-0.2, 0) is 12.3 Å². The fraction of sp³-hybridized carbons (Fsp3) is 0.308. The van der Waals surface area contributed by atoms with Gasteiger partial charge in [-0.3, -0.25) is 0 Å². The highest BCUT2D eigenvalue weighted by molar-refractivity contribution is 9.10. The zero-order valence-corrected chi connectivity index (χ0v) is 13.3. The molecule has 2 aromatic rings. The zero-order valence-electron chi connectivity index (χ0n) is 10.9. The first-order chi connectivity index (χ1) is 9.61. The number of hydrogen-bond donors (Lipinski definition) is 1. The molecule has 0 unspecified atom stereocenters. The molecule has 0 amide bonds. The second-order valence-electron chi connectivity index (χ2n) is 4.13. The van der Waals surface area contributed by atoms with Crippen molar-refractivity contribution in [3.63, 3.8) is 0 Å². The maximum Gasteiger partial charge on any atom is 0.336 e. The van der Waals surface area contributed by atoms with Crippen molar-refractivity contribution in [1.29, 1.82) is 0 Å². The fourth-order valence-corrected chi connectivity index (χ4v) is 3.27. The Morgan fingerprint density at radius 2 is 2.30 bits per heavy atom. The average Bonchev–Trinajstić information content (AvgIpc) is 2.84. The van der Waals surface area contributed by atoms with Gasteiger partial charge >= 0.3 is 5.97 Å². The lowest BCUT2D eigenvalue weighted by Gasteiger charge is -2.07. The van der Waals surface area contributed by atoms with Crippen LogP contribution in [0.1, 0.15) is 29.5 Å². The van der Waals surface area contributed by atoms with E-state index in [9.17, 15) is 9.90 Å². The summed E-state index contributed by atoms with van der Waals surface area (Å²) in [5.74, 6) is 0.527. The van der Waals surface area contributed by atoms with Gasteiger partial charge < -0.3 is 5.11 Å². The number of carboxylic acid groups (broad SMARTS) is 1. The van der Waals surface area contributed by atoms with E-state index in [1.54, 1.807) is 12.1 Å². The minimum absolute atomic E-state index is 0.305. The lowest BCUT2D eigenvalue weighted by molar-refractivity contribution is 0.0693. The Morgan fingerprint density at radius 1 is 1.50 bits per heavy atom. The Balaban J connectivity index is 2.16. The molecular formula is C13H14BrN3O2S. The molecule has 2 rings (SSSR count). The minimum Gasteiger partial charge on any atom is -0.478 e. The van der Waals surface area contributed by atoms with Crippen molar-refractivity contribution < 1.29 is 9.90 Å². The van der Waals surface area contributed by atoms with Gasteiger partial charge in [-0.15, -0.1) is 11.8 Å². The van der Waals surface area contributed by atoms with Crippen LogP contribution < -0.4 is 0 Å². The summed E-state index contributed by atoms with van der Waals surface area (Å²) in [5, 5.41) is 13.4. The first kappa shape index (κ1) is 15.1. The van der Waals surface area contributed by atoms with Crippen molar-refractivity contribution in [2.75, 3.05) is 0 Å². The summed E-state index contributed by atoms with van der Waals surface area (Å²) in [4.78, 5) is 16.1. The molecule has 0 aliphatic rings. The van der Waals surface area contributed by atoms with E-state index in [2.05, 4.69) is 32.9 Å². The molecule has 5 nitrogen and oxygen atoms in total. The predicted molar refractivity (Wildman–Crippen MR) is 81.0 cm³/mol. The molecule has 0 saturated carbocycles. The van der Waals surface area contributed by atoms with Crippen LogP contribution in [0.4, 0.5) is 0 Å². The van der Waals surface area contributed by atoms with Crippen molar-refractivity contribution in [1.82, 2.24) is 14.8 Å². The van der Waals surface area contributed by atoms with Crippen molar-refractivity contribution in [2.45, 2.75) is 30.5 Å². The smallest absolute Gasteiger partial charge is 0.336 e. The topological polar surface area (TPSA) is 68.0 Å². The van der Waals surface area contributed by atoms with Gasteiger partial charge in [-0.05, 0) is 24.6 Å². The van der Waals surface area contributed by atoms with Gasteiger partial charge in [0, 0.05) is 15.9 Å². The lowest BCUT2D eigenvalue weighted by atomic mass is 10.2. The molecule has 0 bridgehead atoms. The molecule has 0 aliphatic carbocycles. The number of aromatic carboxylic acids is 1. The molecule has 1 heterocycles. The molecule has 0 aliphatic heterocycles. The SMILES string of the molecule is CCCn1ncnc1CSc1cc(Br)ccc1C(=O)O. The molecule has 20 heavy (non-hydrogen) atoms. The number of thioether (sulfide) groups is 1. The van der Waals surface area contributed by atoms with Crippen molar-refractivity contribution in [3.8, 4) is 0 Å². The minimum atomic E-state index is -0.921. The Morgan fingerprint density at radius 3 is 3.00 bits per heavy atom. The maximum absolute atomic E-state index is 11.2. The van der Waals surface area contributed by atoms with Crippen LogP contribution in [0.15, 0.2) is 33.9 Å². The average molecular weight is 356 g/mol. The lowest BCUT2D eigenvalue weighted by Crippen LogP contribution is -2.04. The van der Waals surface area contributed by atoms with Crippen LogP contribution in [0.2, 0.25) is 0 Å². The highest BCUT2D eigenvalue weighted by atomic mass is 79.9. The molecular weight excluding hydrogens is 342 g/mol. The second-order valence-corrected chi connectivity index (χ2v) is 6.07. The fourth-order valence-electron chi connectivity index (χ4n) is 1.73. The summed E-state index contributed by atoms with van der Waals surface area (Å²) in [6.45, 7) is 2.90. The Hall–Kier alpha value is -1.34. The van der Waals surface area contributed by atoms with Gasteiger partial charge in [0.2, 0.25) is 0 Å². The van der Waals surface area contributed by atoms with E-state index in [0.717, 1.165) is 28.2 Å². The summed E-state index contributed by atoms with van der Waals surface area (Å²) >= 11 is 4.82. The van der Waals surface area contributed by atoms with Gasteiger partial charge in [0.15, 0.2) is 0 Å². The standard InChI is InChI=1S/C13H14BrN3O2S/c1-2-5-17-12(15-8-16-17)7-20-11-6-9(14)3-4-10(11)13(18)19/h3-4,6,8H,2,5,7H2,1H3,(H,18,19). The van der Waals surface area contributed by atoms with E-state index in [4.69, 9.17) is 0 Å². The largest absolute Gasteiger partial charge is 0.478 e. The number of nitrogens with zero attached hydrogens (tertiary/aromatic N) is 3. The highest BCUT2D eigenvalue weighted by Gasteiger charge is 2.12. The molecule has 0 spiro atoms. The van der Waals surface area contributed by atoms with Crippen LogP contribution in [-0.4, -0.2) is 25.8 Å². The van der Waals surface area contributed by atoms with Gasteiger partial charge in [-0.2, -0.15) is 5.10 Å². The summed E-state index contributed by atoms with van der Waals surface area (Å²) < 4.78 is 2.71. The molecule has 106 valence electrons. The first-order valence-corrected chi connectivity index (χ1v) is 7.92. The van der Waals surface area contributed by atoms with Crippen LogP contribution in [0.3, 0.4) is 0 Å².